The van der Waals surface area contributed by atoms with Crippen LogP contribution in [0.15, 0.2) is 18.2 Å². The number of hydrogen-bond donors (Lipinski definition) is 1. The van der Waals surface area contributed by atoms with Gasteiger partial charge in [-0.2, -0.15) is 0 Å². The van der Waals surface area contributed by atoms with Gasteiger partial charge in [0.2, 0.25) is 0 Å². The lowest BCUT2D eigenvalue weighted by Gasteiger charge is -2.31. The first-order valence-electron chi connectivity index (χ1n) is 6.88. The third-order valence-corrected chi connectivity index (χ3v) is 4.23. The summed E-state index contributed by atoms with van der Waals surface area (Å²) in [6, 6.07) is 5.28. The van der Waals surface area contributed by atoms with E-state index in [1.165, 1.54) is 38.2 Å². The van der Waals surface area contributed by atoms with Crippen molar-refractivity contribution in [3.05, 3.63) is 34.6 Å². The number of benzene rings is 1. The lowest BCUT2D eigenvalue weighted by atomic mass is 9.83. The van der Waals surface area contributed by atoms with Gasteiger partial charge in [-0.25, -0.2) is 4.39 Å². The van der Waals surface area contributed by atoms with E-state index in [0.29, 0.717) is 23.2 Å². The van der Waals surface area contributed by atoms with Gasteiger partial charge in [0.15, 0.2) is 0 Å². The molecule has 2 rings (SSSR count). The summed E-state index contributed by atoms with van der Waals surface area (Å²) in [6.45, 7) is 2.82. The zero-order chi connectivity index (χ0) is 13.0. The van der Waals surface area contributed by atoms with Crippen molar-refractivity contribution in [3.8, 4) is 0 Å². The molecule has 1 fully saturated rings. The van der Waals surface area contributed by atoms with E-state index >= 15 is 0 Å². The van der Waals surface area contributed by atoms with Crippen LogP contribution in [0.4, 0.5) is 4.39 Å². The summed E-state index contributed by atoms with van der Waals surface area (Å²) in [5.41, 5.74) is 0.669. The Morgan fingerprint density at radius 3 is 2.89 bits per heavy atom. The minimum absolute atomic E-state index is 0.171. The maximum absolute atomic E-state index is 13.6. The third-order valence-electron chi connectivity index (χ3n) is 4.00. The predicted molar refractivity (Wildman–Crippen MR) is 74.3 cm³/mol. The monoisotopic (exact) mass is 269 g/mol. The van der Waals surface area contributed by atoms with Crippen LogP contribution in [0.1, 0.15) is 44.6 Å². The molecule has 1 nitrogen and oxygen atoms in total. The Morgan fingerprint density at radius 1 is 1.33 bits per heavy atom. The highest BCUT2D eigenvalue weighted by Gasteiger charge is 2.23. The van der Waals surface area contributed by atoms with E-state index < -0.39 is 0 Å². The fourth-order valence-corrected chi connectivity index (χ4v) is 3.08. The van der Waals surface area contributed by atoms with E-state index in [1.54, 1.807) is 12.1 Å². The first-order chi connectivity index (χ1) is 8.70. The largest absolute Gasteiger partial charge is 0.310 e. The zero-order valence-electron chi connectivity index (χ0n) is 10.9. The molecule has 0 heterocycles. The van der Waals surface area contributed by atoms with Crippen LogP contribution in [0.2, 0.25) is 5.02 Å². The highest BCUT2D eigenvalue weighted by molar-refractivity contribution is 6.30. The standard InChI is InChI=1S/C15H21ClFN/c1-2-11-5-3-4-6-15(11)18-10-12-9-13(16)7-8-14(12)17/h7-9,11,15,18H,2-6,10H2,1H3. The molecule has 0 amide bonds. The first kappa shape index (κ1) is 13.8. The molecule has 2 unspecified atom stereocenters. The van der Waals surface area contributed by atoms with Gasteiger partial charge < -0.3 is 5.32 Å². The molecule has 2 atom stereocenters. The van der Waals surface area contributed by atoms with Gasteiger partial charge in [-0.05, 0) is 37.0 Å². The van der Waals surface area contributed by atoms with E-state index in [-0.39, 0.29) is 5.82 Å². The van der Waals surface area contributed by atoms with Crippen molar-refractivity contribution in [2.75, 3.05) is 0 Å². The lowest BCUT2D eigenvalue weighted by Crippen LogP contribution is -2.38. The number of nitrogens with one attached hydrogen (secondary N) is 1. The second kappa shape index (κ2) is 6.53. The molecule has 1 aromatic carbocycles. The Morgan fingerprint density at radius 2 is 2.11 bits per heavy atom. The van der Waals surface area contributed by atoms with Gasteiger partial charge in [0.1, 0.15) is 5.82 Å². The Bertz CT molecular complexity index is 394. The predicted octanol–water partition coefficient (Wildman–Crippen LogP) is 4.54. The number of hydrogen-bond acceptors (Lipinski definition) is 1. The molecular weight excluding hydrogens is 249 g/mol. The van der Waals surface area contributed by atoms with Crippen LogP contribution in [0.3, 0.4) is 0 Å². The highest BCUT2D eigenvalue weighted by Crippen LogP contribution is 2.27. The van der Waals surface area contributed by atoms with Gasteiger partial charge >= 0.3 is 0 Å². The third kappa shape index (κ3) is 3.46. The van der Waals surface area contributed by atoms with E-state index in [9.17, 15) is 4.39 Å². The van der Waals surface area contributed by atoms with E-state index in [0.717, 1.165) is 5.92 Å². The summed E-state index contributed by atoms with van der Waals surface area (Å²) >= 11 is 5.90. The summed E-state index contributed by atoms with van der Waals surface area (Å²) in [7, 11) is 0. The quantitative estimate of drug-likeness (QED) is 0.846. The fourth-order valence-electron chi connectivity index (χ4n) is 2.88. The summed E-state index contributed by atoms with van der Waals surface area (Å²) < 4.78 is 13.6. The minimum atomic E-state index is -0.171. The second-order valence-corrected chi connectivity index (χ2v) is 5.61. The van der Waals surface area contributed by atoms with Gasteiger partial charge in [-0.1, -0.05) is 37.8 Å². The summed E-state index contributed by atoms with van der Waals surface area (Å²) in [4.78, 5) is 0. The Labute approximate surface area is 114 Å². The Kier molecular flexibility index (Phi) is 5.02. The van der Waals surface area contributed by atoms with Gasteiger partial charge in [-0.15, -0.1) is 0 Å². The van der Waals surface area contributed by atoms with Gasteiger partial charge in [0.25, 0.3) is 0 Å². The van der Waals surface area contributed by atoms with Crippen molar-refractivity contribution in [1.82, 2.24) is 5.32 Å². The van der Waals surface area contributed by atoms with E-state index in [1.807, 2.05) is 0 Å². The van der Waals surface area contributed by atoms with Gasteiger partial charge in [-0.3, -0.25) is 0 Å². The normalized spacial score (nSPS) is 24.2. The molecule has 1 aliphatic carbocycles. The molecule has 0 aromatic heterocycles. The average molecular weight is 270 g/mol. The number of halogens is 2. The topological polar surface area (TPSA) is 12.0 Å². The van der Waals surface area contributed by atoms with Crippen molar-refractivity contribution >= 4 is 11.6 Å². The van der Waals surface area contributed by atoms with Crippen LogP contribution in [0.25, 0.3) is 0 Å². The molecule has 0 saturated heterocycles. The average Bonchev–Trinajstić information content (AvgIpc) is 2.40. The van der Waals surface area contributed by atoms with Crippen molar-refractivity contribution in [1.29, 1.82) is 0 Å². The van der Waals surface area contributed by atoms with Crippen LogP contribution >= 0.6 is 11.6 Å². The van der Waals surface area contributed by atoms with Crippen molar-refractivity contribution < 1.29 is 4.39 Å². The molecule has 1 N–H and O–H groups in total. The second-order valence-electron chi connectivity index (χ2n) is 5.18. The van der Waals surface area contributed by atoms with Crippen LogP contribution in [0, 0.1) is 11.7 Å². The van der Waals surface area contributed by atoms with E-state index in [4.69, 9.17) is 11.6 Å². The van der Waals surface area contributed by atoms with Crippen LogP contribution in [-0.2, 0) is 6.54 Å². The highest BCUT2D eigenvalue weighted by atomic mass is 35.5. The van der Waals surface area contributed by atoms with Crippen LogP contribution in [0.5, 0.6) is 0 Å². The van der Waals surface area contributed by atoms with Crippen molar-refractivity contribution in [3.63, 3.8) is 0 Å². The SMILES string of the molecule is CCC1CCCCC1NCc1cc(Cl)ccc1F. The molecular formula is C15H21ClFN. The fraction of sp³-hybridized carbons (Fsp3) is 0.600. The van der Waals surface area contributed by atoms with Crippen molar-refractivity contribution in [2.45, 2.75) is 51.6 Å². The van der Waals surface area contributed by atoms with Crippen LogP contribution < -0.4 is 5.32 Å². The minimum Gasteiger partial charge on any atom is -0.310 e. The number of rotatable bonds is 4. The van der Waals surface area contributed by atoms with Gasteiger partial charge in [0, 0.05) is 23.2 Å². The van der Waals surface area contributed by atoms with Crippen molar-refractivity contribution in [2.24, 2.45) is 5.92 Å². The maximum Gasteiger partial charge on any atom is 0.127 e. The first-order valence-corrected chi connectivity index (χ1v) is 7.25. The van der Waals surface area contributed by atoms with Gasteiger partial charge in [0.05, 0.1) is 0 Å². The molecule has 0 bridgehead atoms. The zero-order valence-corrected chi connectivity index (χ0v) is 11.6. The molecule has 0 aliphatic heterocycles. The maximum atomic E-state index is 13.6. The molecule has 3 heteroatoms. The Hall–Kier alpha value is -0.600. The molecule has 0 radical (unpaired) electrons. The molecule has 18 heavy (non-hydrogen) atoms. The smallest absolute Gasteiger partial charge is 0.127 e. The molecule has 100 valence electrons. The molecule has 1 aliphatic rings. The molecule has 1 aromatic rings. The summed E-state index contributed by atoms with van der Waals surface area (Å²) in [6.07, 6.45) is 6.33. The van der Waals surface area contributed by atoms with E-state index in [2.05, 4.69) is 12.2 Å². The molecule has 1 saturated carbocycles. The van der Waals surface area contributed by atoms with Crippen LogP contribution in [-0.4, -0.2) is 6.04 Å². The summed E-state index contributed by atoms with van der Waals surface area (Å²) in [5.74, 6) is 0.566. The Balaban J connectivity index is 1.95. The lowest BCUT2D eigenvalue weighted by molar-refractivity contribution is 0.253. The summed E-state index contributed by atoms with van der Waals surface area (Å²) in [5, 5.41) is 4.11. The molecule has 0 spiro atoms.